The SMILES string of the molecule is CC[C@H](C)CN(CC(=O)N1CCc2sccc2[C@@H]1COc1ccccc1OC)C(=O)c1ccccc1. The van der Waals surface area contributed by atoms with Crippen LogP contribution in [0.1, 0.15) is 47.1 Å². The molecule has 7 heteroatoms. The van der Waals surface area contributed by atoms with E-state index in [9.17, 15) is 9.59 Å². The highest BCUT2D eigenvalue weighted by Gasteiger charge is 2.34. The van der Waals surface area contributed by atoms with E-state index in [0.29, 0.717) is 42.7 Å². The lowest BCUT2D eigenvalue weighted by Crippen LogP contribution is -2.48. The second kappa shape index (κ2) is 12.1. The standard InChI is InChI=1S/C29H34N2O4S/c1-4-21(2)18-30(29(33)22-10-6-5-7-11-22)19-28(32)31-16-14-27-23(15-17-36-27)24(31)20-35-26-13-9-8-12-25(26)34-3/h5-13,15,17,21,24H,4,14,16,18-20H2,1-3H3/t21-,24-/m0/s1. The molecule has 0 aliphatic carbocycles. The first-order valence-electron chi connectivity index (χ1n) is 12.5. The summed E-state index contributed by atoms with van der Waals surface area (Å²) < 4.78 is 11.6. The van der Waals surface area contributed by atoms with Crippen LogP contribution < -0.4 is 9.47 Å². The molecule has 2 heterocycles. The van der Waals surface area contributed by atoms with Crippen LogP contribution in [0.4, 0.5) is 0 Å². The lowest BCUT2D eigenvalue weighted by Gasteiger charge is -2.37. The Hall–Kier alpha value is -3.32. The number of carbonyl (C=O) groups excluding carboxylic acids is 2. The summed E-state index contributed by atoms with van der Waals surface area (Å²) in [6.07, 6.45) is 1.74. The number of hydrogen-bond donors (Lipinski definition) is 0. The van der Waals surface area contributed by atoms with E-state index in [2.05, 4.69) is 25.3 Å². The smallest absolute Gasteiger partial charge is 0.254 e. The number of ether oxygens (including phenoxy) is 2. The van der Waals surface area contributed by atoms with Gasteiger partial charge in [-0.2, -0.15) is 0 Å². The van der Waals surface area contributed by atoms with Crippen molar-refractivity contribution in [3.63, 3.8) is 0 Å². The summed E-state index contributed by atoms with van der Waals surface area (Å²) in [5.74, 6) is 1.42. The fraction of sp³-hybridized carbons (Fsp3) is 0.379. The van der Waals surface area contributed by atoms with Gasteiger partial charge in [0.25, 0.3) is 5.91 Å². The molecule has 2 atom stereocenters. The van der Waals surface area contributed by atoms with Gasteiger partial charge < -0.3 is 19.3 Å². The Kier molecular flexibility index (Phi) is 8.65. The average Bonchev–Trinajstić information content (AvgIpc) is 3.40. The van der Waals surface area contributed by atoms with Gasteiger partial charge in [-0.1, -0.05) is 50.6 Å². The maximum atomic E-state index is 13.7. The van der Waals surface area contributed by atoms with E-state index in [4.69, 9.17) is 9.47 Å². The van der Waals surface area contributed by atoms with Gasteiger partial charge in [0.2, 0.25) is 5.91 Å². The van der Waals surface area contributed by atoms with Gasteiger partial charge in [-0.05, 0) is 53.6 Å². The van der Waals surface area contributed by atoms with E-state index >= 15 is 0 Å². The van der Waals surface area contributed by atoms with Crippen molar-refractivity contribution in [3.8, 4) is 11.5 Å². The zero-order valence-electron chi connectivity index (χ0n) is 21.2. The molecule has 0 bridgehead atoms. The number of nitrogens with zero attached hydrogens (tertiary/aromatic N) is 2. The van der Waals surface area contributed by atoms with E-state index in [0.717, 1.165) is 18.4 Å². The summed E-state index contributed by atoms with van der Waals surface area (Å²) in [4.78, 5) is 32.0. The van der Waals surface area contributed by atoms with E-state index in [1.165, 1.54) is 4.88 Å². The normalized spacial score (nSPS) is 15.6. The molecule has 0 radical (unpaired) electrons. The van der Waals surface area contributed by atoms with Crippen molar-refractivity contribution in [1.29, 1.82) is 0 Å². The van der Waals surface area contributed by atoms with Crippen molar-refractivity contribution >= 4 is 23.2 Å². The summed E-state index contributed by atoms with van der Waals surface area (Å²) in [6, 6.07) is 18.6. The van der Waals surface area contributed by atoms with Gasteiger partial charge in [0.15, 0.2) is 11.5 Å². The van der Waals surface area contributed by atoms with Gasteiger partial charge in [0, 0.05) is 23.5 Å². The van der Waals surface area contributed by atoms with Crippen molar-refractivity contribution in [1.82, 2.24) is 9.80 Å². The zero-order valence-corrected chi connectivity index (χ0v) is 22.0. The summed E-state index contributed by atoms with van der Waals surface area (Å²) in [5, 5.41) is 2.07. The molecular formula is C29H34N2O4S. The number of carbonyl (C=O) groups is 2. The molecule has 0 unspecified atom stereocenters. The van der Waals surface area contributed by atoms with Crippen molar-refractivity contribution in [2.75, 3.05) is 33.4 Å². The number of rotatable bonds is 10. The third kappa shape index (κ3) is 5.90. The van der Waals surface area contributed by atoms with Gasteiger partial charge in [0.05, 0.1) is 13.2 Å². The molecule has 2 aromatic carbocycles. The predicted octanol–water partition coefficient (Wildman–Crippen LogP) is 5.45. The lowest BCUT2D eigenvalue weighted by atomic mass is 10.00. The average molecular weight is 507 g/mol. The van der Waals surface area contributed by atoms with E-state index in [-0.39, 0.29) is 24.4 Å². The molecule has 1 aliphatic rings. The van der Waals surface area contributed by atoms with Crippen molar-refractivity contribution < 1.29 is 19.1 Å². The van der Waals surface area contributed by atoms with Gasteiger partial charge >= 0.3 is 0 Å². The fourth-order valence-electron chi connectivity index (χ4n) is 4.52. The number of benzene rings is 2. The minimum atomic E-state index is -0.227. The fourth-order valence-corrected chi connectivity index (χ4v) is 5.45. The Balaban J connectivity index is 1.55. The molecule has 6 nitrogen and oxygen atoms in total. The molecule has 0 saturated heterocycles. The van der Waals surface area contributed by atoms with Crippen LogP contribution in [0.2, 0.25) is 0 Å². The Morgan fingerprint density at radius 3 is 2.53 bits per heavy atom. The highest BCUT2D eigenvalue weighted by Crippen LogP contribution is 2.35. The summed E-state index contributed by atoms with van der Waals surface area (Å²) in [7, 11) is 1.62. The molecule has 2 amide bonds. The monoisotopic (exact) mass is 506 g/mol. The highest BCUT2D eigenvalue weighted by atomic mass is 32.1. The Labute approximate surface area is 217 Å². The second-order valence-corrected chi connectivity index (χ2v) is 10.2. The van der Waals surface area contributed by atoms with Crippen molar-refractivity contribution in [2.24, 2.45) is 5.92 Å². The van der Waals surface area contributed by atoms with Crippen LogP contribution in [0.3, 0.4) is 0 Å². The molecule has 4 rings (SSSR count). The topological polar surface area (TPSA) is 59.1 Å². The number of thiophene rings is 1. The summed E-state index contributed by atoms with van der Waals surface area (Å²) in [5.41, 5.74) is 1.72. The Bertz CT molecular complexity index is 1160. The van der Waals surface area contributed by atoms with Crippen LogP contribution in [0.15, 0.2) is 66.0 Å². The van der Waals surface area contributed by atoms with Gasteiger partial charge in [-0.15, -0.1) is 11.3 Å². The molecule has 190 valence electrons. The molecule has 0 N–H and O–H groups in total. The molecular weight excluding hydrogens is 472 g/mol. The lowest BCUT2D eigenvalue weighted by molar-refractivity contribution is -0.135. The van der Waals surface area contributed by atoms with Crippen LogP contribution in [0.5, 0.6) is 11.5 Å². The molecule has 0 saturated carbocycles. The van der Waals surface area contributed by atoms with Gasteiger partial charge in [-0.3, -0.25) is 9.59 Å². The molecule has 3 aromatic rings. The number of fused-ring (bicyclic) bond motifs is 1. The van der Waals surface area contributed by atoms with Crippen LogP contribution in [0.25, 0.3) is 0 Å². The second-order valence-electron chi connectivity index (χ2n) is 9.18. The highest BCUT2D eigenvalue weighted by molar-refractivity contribution is 7.10. The summed E-state index contributed by atoms with van der Waals surface area (Å²) >= 11 is 1.72. The minimum absolute atomic E-state index is 0.0443. The maximum absolute atomic E-state index is 13.7. The largest absolute Gasteiger partial charge is 0.493 e. The Morgan fingerprint density at radius 2 is 1.81 bits per heavy atom. The van der Waals surface area contributed by atoms with Crippen molar-refractivity contribution in [3.05, 3.63) is 82.0 Å². The van der Waals surface area contributed by atoms with E-state index in [1.54, 1.807) is 35.5 Å². The van der Waals surface area contributed by atoms with Gasteiger partial charge in [0.1, 0.15) is 13.2 Å². The molecule has 0 spiro atoms. The van der Waals surface area contributed by atoms with Crippen molar-refractivity contribution in [2.45, 2.75) is 32.7 Å². The van der Waals surface area contributed by atoms with Crippen LogP contribution in [0, 0.1) is 5.92 Å². The summed E-state index contributed by atoms with van der Waals surface area (Å²) in [6.45, 7) is 5.71. The predicted molar refractivity (Wildman–Crippen MR) is 143 cm³/mol. The van der Waals surface area contributed by atoms with Crippen LogP contribution >= 0.6 is 11.3 Å². The quantitative estimate of drug-likeness (QED) is 0.367. The first kappa shape index (κ1) is 25.8. The Morgan fingerprint density at radius 1 is 1.08 bits per heavy atom. The van der Waals surface area contributed by atoms with Crippen LogP contribution in [-0.2, 0) is 11.2 Å². The van der Waals surface area contributed by atoms with E-state index in [1.807, 2.05) is 47.4 Å². The molecule has 0 fully saturated rings. The number of para-hydroxylation sites is 2. The first-order chi connectivity index (χ1) is 17.5. The molecule has 1 aromatic heterocycles. The zero-order chi connectivity index (χ0) is 25.5. The molecule has 36 heavy (non-hydrogen) atoms. The number of hydrogen-bond acceptors (Lipinski definition) is 5. The number of methoxy groups -OCH3 is 1. The van der Waals surface area contributed by atoms with Gasteiger partial charge in [-0.25, -0.2) is 0 Å². The first-order valence-corrected chi connectivity index (χ1v) is 13.4. The minimum Gasteiger partial charge on any atom is -0.493 e. The third-order valence-corrected chi connectivity index (χ3v) is 7.74. The number of amides is 2. The maximum Gasteiger partial charge on any atom is 0.254 e. The third-order valence-electron chi connectivity index (χ3n) is 6.74. The van der Waals surface area contributed by atoms with E-state index < -0.39 is 0 Å². The van der Waals surface area contributed by atoms with Crippen LogP contribution in [-0.4, -0.2) is 55.0 Å². The molecule has 1 aliphatic heterocycles.